The molecule has 0 amide bonds. The van der Waals surface area contributed by atoms with E-state index in [1.807, 2.05) is 0 Å². The summed E-state index contributed by atoms with van der Waals surface area (Å²) in [5, 5.41) is 0. The van der Waals surface area contributed by atoms with E-state index < -0.39 is 0 Å². The van der Waals surface area contributed by atoms with Gasteiger partial charge < -0.3 is 0 Å². The normalized spacial score (nSPS) is 33.3. The van der Waals surface area contributed by atoms with Crippen LogP contribution in [0.3, 0.4) is 0 Å². The van der Waals surface area contributed by atoms with Crippen molar-refractivity contribution in [1.29, 1.82) is 0 Å². The Morgan fingerprint density at radius 3 is 2.94 bits per heavy atom. The van der Waals surface area contributed by atoms with Crippen molar-refractivity contribution in [3.63, 3.8) is 0 Å². The van der Waals surface area contributed by atoms with Crippen LogP contribution in [0.5, 0.6) is 0 Å². The van der Waals surface area contributed by atoms with Crippen LogP contribution in [-0.4, -0.2) is 29.8 Å². The fraction of sp³-hybridized carbons (Fsp3) is 0.812. The smallest absolute Gasteiger partial charge is 0.158 e. The van der Waals surface area contributed by atoms with Crippen molar-refractivity contribution in [3.05, 3.63) is 11.1 Å². The second kappa shape index (κ2) is 5.16. The zero-order chi connectivity index (χ0) is 12.5. The topological polar surface area (TPSA) is 20.3 Å². The number of carbonyl (C=O) groups is 1. The highest BCUT2D eigenvalue weighted by Crippen LogP contribution is 2.42. The number of hydrogen-bond donors (Lipinski definition) is 0. The number of fused-ring (bicyclic) bond motifs is 1. The number of carbonyl (C=O) groups excluding carboxylic acids is 1. The second-order valence-corrected chi connectivity index (χ2v) is 6.27. The zero-order valence-electron chi connectivity index (χ0n) is 11.6. The van der Waals surface area contributed by atoms with Crippen LogP contribution < -0.4 is 0 Å². The fourth-order valence-electron chi connectivity index (χ4n) is 4.27. The summed E-state index contributed by atoms with van der Waals surface area (Å²) < 4.78 is 0. The molecule has 100 valence electrons. The molecule has 0 aromatic heterocycles. The summed E-state index contributed by atoms with van der Waals surface area (Å²) in [6, 6.07) is 0.753. The number of hydrogen-bond acceptors (Lipinski definition) is 2. The van der Waals surface area contributed by atoms with E-state index >= 15 is 0 Å². The minimum atomic E-state index is 0.474. The maximum absolute atomic E-state index is 12.0. The third kappa shape index (κ3) is 2.16. The molecule has 1 saturated heterocycles. The molecule has 0 N–H and O–H groups in total. The van der Waals surface area contributed by atoms with Gasteiger partial charge in [0.05, 0.1) is 0 Å². The molecule has 1 heterocycles. The van der Waals surface area contributed by atoms with Crippen LogP contribution in [0, 0.1) is 5.92 Å². The molecular formula is C16H25NO. The summed E-state index contributed by atoms with van der Waals surface area (Å²) in [6.45, 7) is 4.81. The van der Waals surface area contributed by atoms with Gasteiger partial charge in [-0.05, 0) is 69.5 Å². The van der Waals surface area contributed by atoms with E-state index in [-0.39, 0.29) is 0 Å². The molecule has 0 spiro atoms. The van der Waals surface area contributed by atoms with Crippen molar-refractivity contribution in [1.82, 2.24) is 4.90 Å². The first-order valence-electron chi connectivity index (χ1n) is 7.77. The minimum absolute atomic E-state index is 0.474. The van der Waals surface area contributed by atoms with Crippen molar-refractivity contribution in [2.45, 2.75) is 64.3 Å². The highest BCUT2D eigenvalue weighted by molar-refractivity contribution is 5.97. The highest BCUT2D eigenvalue weighted by atomic mass is 16.1. The van der Waals surface area contributed by atoms with E-state index in [0.717, 1.165) is 31.2 Å². The predicted octanol–water partition coefficient (Wildman–Crippen LogP) is 3.32. The van der Waals surface area contributed by atoms with Gasteiger partial charge in [0.25, 0.3) is 0 Å². The predicted molar refractivity (Wildman–Crippen MR) is 73.5 cm³/mol. The number of nitrogens with zero attached hydrogens (tertiary/aromatic N) is 1. The van der Waals surface area contributed by atoms with E-state index in [4.69, 9.17) is 0 Å². The maximum atomic E-state index is 12.0. The maximum Gasteiger partial charge on any atom is 0.158 e. The van der Waals surface area contributed by atoms with Gasteiger partial charge >= 0.3 is 0 Å². The Morgan fingerprint density at radius 2 is 2.11 bits per heavy atom. The van der Waals surface area contributed by atoms with E-state index in [2.05, 4.69) is 11.8 Å². The lowest BCUT2D eigenvalue weighted by Gasteiger charge is -2.46. The summed E-state index contributed by atoms with van der Waals surface area (Å²) in [6.07, 6.45) is 9.34. The van der Waals surface area contributed by atoms with E-state index in [1.165, 1.54) is 56.3 Å². The SMILES string of the molecule is CCCN1CCC[C@@H]2CC3=C(CCCC3=O)C[C@@H]21. The van der Waals surface area contributed by atoms with Crippen LogP contribution in [0.4, 0.5) is 0 Å². The van der Waals surface area contributed by atoms with Crippen molar-refractivity contribution in [2.24, 2.45) is 5.92 Å². The van der Waals surface area contributed by atoms with E-state index in [0.29, 0.717) is 5.78 Å². The Hall–Kier alpha value is -0.630. The Balaban J connectivity index is 1.81. The molecule has 1 fully saturated rings. The largest absolute Gasteiger partial charge is 0.300 e. The monoisotopic (exact) mass is 247 g/mol. The number of Topliss-reactive ketones (excluding diaryl/α,β-unsaturated/α-hetero) is 1. The van der Waals surface area contributed by atoms with Crippen molar-refractivity contribution in [2.75, 3.05) is 13.1 Å². The Kier molecular flexibility index (Phi) is 3.56. The number of rotatable bonds is 2. The Bertz CT molecular complexity index is 369. The van der Waals surface area contributed by atoms with Crippen LogP contribution in [-0.2, 0) is 4.79 Å². The molecular weight excluding hydrogens is 222 g/mol. The highest BCUT2D eigenvalue weighted by Gasteiger charge is 2.38. The summed E-state index contributed by atoms with van der Waals surface area (Å²) in [5.74, 6) is 1.24. The molecule has 18 heavy (non-hydrogen) atoms. The third-order valence-corrected chi connectivity index (χ3v) is 5.11. The Morgan fingerprint density at radius 1 is 1.22 bits per heavy atom. The first kappa shape index (κ1) is 12.4. The lowest BCUT2D eigenvalue weighted by atomic mass is 9.71. The molecule has 0 saturated carbocycles. The van der Waals surface area contributed by atoms with Gasteiger partial charge in [-0.3, -0.25) is 9.69 Å². The Labute approximate surface area is 110 Å². The first-order valence-corrected chi connectivity index (χ1v) is 7.77. The van der Waals surface area contributed by atoms with E-state index in [9.17, 15) is 4.79 Å². The number of allylic oxidation sites excluding steroid dienone is 1. The summed E-state index contributed by atoms with van der Waals surface area (Å²) >= 11 is 0. The van der Waals surface area contributed by atoms with Crippen LogP contribution in [0.1, 0.15) is 58.3 Å². The minimum Gasteiger partial charge on any atom is -0.300 e. The van der Waals surface area contributed by atoms with Gasteiger partial charge in [-0.2, -0.15) is 0 Å². The van der Waals surface area contributed by atoms with Crippen molar-refractivity contribution < 1.29 is 4.79 Å². The molecule has 2 heteroatoms. The average Bonchev–Trinajstić information content (AvgIpc) is 2.38. The fourth-order valence-corrected chi connectivity index (χ4v) is 4.27. The van der Waals surface area contributed by atoms with Crippen LogP contribution in [0.25, 0.3) is 0 Å². The third-order valence-electron chi connectivity index (χ3n) is 5.11. The van der Waals surface area contributed by atoms with Gasteiger partial charge in [0, 0.05) is 12.5 Å². The molecule has 2 nitrogen and oxygen atoms in total. The second-order valence-electron chi connectivity index (χ2n) is 6.27. The summed E-state index contributed by atoms with van der Waals surface area (Å²) in [5.41, 5.74) is 2.77. The lowest BCUT2D eigenvalue weighted by Crippen LogP contribution is -2.48. The number of ketones is 1. The molecule has 0 bridgehead atoms. The quantitative estimate of drug-likeness (QED) is 0.746. The van der Waals surface area contributed by atoms with Crippen molar-refractivity contribution in [3.8, 4) is 0 Å². The van der Waals surface area contributed by atoms with Crippen LogP contribution in [0.15, 0.2) is 11.1 Å². The molecule has 0 aromatic carbocycles. The lowest BCUT2D eigenvalue weighted by molar-refractivity contribution is -0.116. The van der Waals surface area contributed by atoms with Gasteiger partial charge in [-0.1, -0.05) is 12.5 Å². The summed E-state index contributed by atoms with van der Waals surface area (Å²) in [4.78, 5) is 14.7. The zero-order valence-corrected chi connectivity index (χ0v) is 11.6. The molecule has 2 atom stereocenters. The molecule has 1 aliphatic heterocycles. The van der Waals surface area contributed by atoms with Gasteiger partial charge in [0.2, 0.25) is 0 Å². The molecule has 0 aromatic rings. The standard InChI is InChI=1S/C16H25NO/c1-2-8-17-9-4-6-13-10-14-12(11-15(13)17)5-3-7-16(14)18/h13,15H,2-11H2,1H3/t13-,15+/m1/s1. The van der Waals surface area contributed by atoms with Gasteiger partial charge in [0.1, 0.15) is 0 Å². The van der Waals surface area contributed by atoms with Gasteiger partial charge in [-0.15, -0.1) is 0 Å². The first-order chi connectivity index (χ1) is 8.79. The number of piperidine rings is 1. The molecule has 3 rings (SSSR count). The van der Waals surface area contributed by atoms with Gasteiger partial charge in [-0.25, -0.2) is 0 Å². The molecule has 2 aliphatic carbocycles. The van der Waals surface area contributed by atoms with Crippen molar-refractivity contribution >= 4 is 5.78 Å². The summed E-state index contributed by atoms with van der Waals surface area (Å²) in [7, 11) is 0. The van der Waals surface area contributed by atoms with Gasteiger partial charge in [0.15, 0.2) is 5.78 Å². The number of likely N-dealkylation sites (tertiary alicyclic amines) is 1. The van der Waals surface area contributed by atoms with Crippen LogP contribution >= 0.6 is 0 Å². The average molecular weight is 247 g/mol. The van der Waals surface area contributed by atoms with E-state index in [1.54, 1.807) is 0 Å². The molecule has 0 radical (unpaired) electrons. The molecule has 0 unspecified atom stereocenters. The molecule has 3 aliphatic rings. The van der Waals surface area contributed by atoms with Crippen LogP contribution in [0.2, 0.25) is 0 Å².